The first-order valence-electron chi connectivity index (χ1n) is 13.3. The van der Waals surface area contributed by atoms with Crippen LogP contribution in [0.5, 0.6) is 0 Å². The van der Waals surface area contributed by atoms with E-state index in [1.165, 1.54) is 17.2 Å². The van der Waals surface area contributed by atoms with Gasteiger partial charge in [0.1, 0.15) is 5.70 Å². The fourth-order valence-corrected chi connectivity index (χ4v) is 7.02. The predicted octanol–water partition coefficient (Wildman–Crippen LogP) is 6.87. The quantitative estimate of drug-likeness (QED) is 0.337. The van der Waals surface area contributed by atoms with Crippen molar-refractivity contribution >= 4 is 28.1 Å². The van der Waals surface area contributed by atoms with Crippen LogP contribution in [0.2, 0.25) is 0 Å². The molecule has 0 N–H and O–H groups in total. The van der Waals surface area contributed by atoms with Gasteiger partial charge in [-0.05, 0) is 90.9 Å². The van der Waals surface area contributed by atoms with Crippen LogP contribution in [0.25, 0.3) is 28.1 Å². The first kappa shape index (κ1) is 25.6. The lowest BCUT2D eigenvalue weighted by molar-refractivity contribution is -0.136. The van der Waals surface area contributed by atoms with E-state index in [9.17, 15) is 13.2 Å². The summed E-state index contributed by atoms with van der Waals surface area (Å²) in [7, 11) is 3.25. The molecule has 3 nitrogen and oxygen atoms in total. The van der Waals surface area contributed by atoms with E-state index in [1.54, 1.807) is 26.4 Å². The lowest BCUT2D eigenvalue weighted by Gasteiger charge is -2.43. The Labute approximate surface area is 226 Å². The molecule has 0 fully saturated rings. The molecule has 1 unspecified atom stereocenters. The normalized spacial score (nSPS) is 19.6. The first-order chi connectivity index (χ1) is 18.5. The summed E-state index contributed by atoms with van der Waals surface area (Å²) >= 11 is 0. The second-order valence-electron chi connectivity index (χ2n) is 11.0. The smallest absolute Gasteiger partial charge is 0.417 e. The zero-order valence-electron chi connectivity index (χ0n) is 23.1. The number of aryl methyl sites for hydroxylation is 2. The van der Waals surface area contributed by atoms with Crippen molar-refractivity contribution in [3.05, 3.63) is 97.4 Å². The molecule has 0 radical (unpaired) electrons. The molecule has 0 spiro atoms. The maximum Gasteiger partial charge on any atom is 0.417 e. The first-order valence-corrected chi connectivity index (χ1v) is 13.3. The molecular formula is C33H32F3NO2. The Morgan fingerprint density at radius 1 is 0.974 bits per heavy atom. The minimum Gasteiger partial charge on any atom is -0.467 e. The SMILES string of the molecule is COC(OC)=C1C2CC/C(C)=C\c3ccc(C(F)(F)F)c4ccc5c(c34)=C(C)CN1C=5c1cc(C)cc(C)c12. The van der Waals surface area contributed by atoms with Crippen LogP contribution in [-0.4, -0.2) is 25.7 Å². The minimum absolute atomic E-state index is 0.0344. The average Bonchev–Trinajstić information content (AvgIpc) is 2.86. The number of methoxy groups -OCH3 is 2. The van der Waals surface area contributed by atoms with Crippen LogP contribution in [0, 0.1) is 13.8 Å². The highest BCUT2D eigenvalue weighted by atomic mass is 19.4. The van der Waals surface area contributed by atoms with E-state index in [0.29, 0.717) is 17.9 Å². The summed E-state index contributed by atoms with van der Waals surface area (Å²) in [6, 6.07) is 10.8. The molecule has 0 amide bonds. The van der Waals surface area contributed by atoms with Crippen LogP contribution < -0.4 is 10.4 Å². The Kier molecular flexibility index (Phi) is 5.87. The van der Waals surface area contributed by atoms with Crippen molar-refractivity contribution in [3.8, 4) is 0 Å². The van der Waals surface area contributed by atoms with Gasteiger partial charge < -0.3 is 14.4 Å². The number of fused-ring (bicyclic) bond motifs is 5. The van der Waals surface area contributed by atoms with Crippen molar-refractivity contribution in [2.45, 2.75) is 52.6 Å². The molecule has 1 atom stereocenters. The summed E-state index contributed by atoms with van der Waals surface area (Å²) in [6.07, 6.45) is -0.775. The Morgan fingerprint density at radius 3 is 2.41 bits per heavy atom. The zero-order chi connectivity index (χ0) is 27.8. The highest BCUT2D eigenvalue weighted by molar-refractivity contribution is 5.96. The van der Waals surface area contributed by atoms with E-state index in [-0.39, 0.29) is 11.3 Å². The van der Waals surface area contributed by atoms with Gasteiger partial charge in [0.15, 0.2) is 0 Å². The fourth-order valence-electron chi connectivity index (χ4n) is 7.02. The monoisotopic (exact) mass is 531 g/mol. The third kappa shape index (κ3) is 3.79. The summed E-state index contributed by atoms with van der Waals surface area (Å²) in [4.78, 5) is 2.28. The van der Waals surface area contributed by atoms with E-state index in [1.807, 2.05) is 13.0 Å². The van der Waals surface area contributed by atoms with Gasteiger partial charge in [-0.15, -0.1) is 0 Å². The van der Waals surface area contributed by atoms with E-state index < -0.39 is 11.7 Å². The summed E-state index contributed by atoms with van der Waals surface area (Å²) in [5.74, 6) is 0.506. The molecular weight excluding hydrogens is 499 g/mol. The molecule has 0 saturated heterocycles. The molecule has 3 aliphatic rings. The van der Waals surface area contributed by atoms with Crippen molar-refractivity contribution in [2.75, 3.05) is 20.8 Å². The van der Waals surface area contributed by atoms with Gasteiger partial charge >= 0.3 is 6.18 Å². The standard InChI is InChI=1S/C33H32F3NO2/c1-17-7-9-23-27-19(3)13-18(2)15-25(27)30-24-11-10-22-26(33(34,35)36)12-8-21(14-17)29(22)28(24)20(4)16-37(30)31(23)32(38-5)39-6/h8,10-15,23H,7,9,16H2,1-6H3/b17-14-. The van der Waals surface area contributed by atoms with Gasteiger partial charge in [-0.25, -0.2) is 0 Å². The molecule has 6 heteroatoms. The number of benzene rings is 3. The van der Waals surface area contributed by atoms with Gasteiger partial charge in [0.05, 0.1) is 25.5 Å². The second-order valence-corrected chi connectivity index (χ2v) is 11.0. The number of hydrogen-bond acceptors (Lipinski definition) is 3. The molecule has 3 aliphatic heterocycles. The molecule has 3 bridgehead atoms. The van der Waals surface area contributed by atoms with Crippen LogP contribution in [0.4, 0.5) is 13.2 Å². The van der Waals surface area contributed by atoms with Gasteiger partial charge in [-0.1, -0.05) is 41.5 Å². The minimum atomic E-state index is -4.45. The summed E-state index contributed by atoms with van der Waals surface area (Å²) in [6.45, 7) is 8.88. The zero-order valence-corrected chi connectivity index (χ0v) is 23.1. The Morgan fingerprint density at radius 2 is 1.72 bits per heavy atom. The van der Waals surface area contributed by atoms with Crippen LogP contribution >= 0.6 is 0 Å². The predicted molar refractivity (Wildman–Crippen MR) is 149 cm³/mol. The molecule has 3 aromatic rings. The fraction of sp³-hybridized carbons (Fsp3) is 0.333. The summed E-state index contributed by atoms with van der Waals surface area (Å²) in [5.41, 5.74) is 9.06. The third-order valence-corrected chi connectivity index (χ3v) is 8.43. The molecule has 3 aromatic carbocycles. The van der Waals surface area contributed by atoms with Crippen molar-refractivity contribution in [1.82, 2.24) is 4.90 Å². The number of halogens is 3. The largest absolute Gasteiger partial charge is 0.467 e. The highest BCUT2D eigenvalue weighted by Crippen LogP contribution is 2.48. The Bertz CT molecular complexity index is 1740. The molecule has 202 valence electrons. The maximum atomic E-state index is 14.2. The van der Waals surface area contributed by atoms with Crippen molar-refractivity contribution in [1.29, 1.82) is 0 Å². The molecule has 0 aliphatic carbocycles. The van der Waals surface area contributed by atoms with E-state index >= 15 is 0 Å². The number of ether oxygens (including phenoxy) is 2. The lowest BCUT2D eigenvalue weighted by atomic mass is 9.76. The number of hydrogen-bond donors (Lipinski definition) is 0. The second kappa shape index (κ2) is 8.94. The topological polar surface area (TPSA) is 21.7 Å². The van der Waals surface area contributed by atoms with Crippen LogP contribution in [0.1, 0.15) is 66.0 Å². The van der Waals surface area contributed by atoms with Crippen molar-refractivity contribution in [2.24, 2.45) is 0 Å². The molecule has 6 rings (SSSR count). The number of allylic oxidation sites excluding steroid dienone is 2. The van der Waals surface area contributed by atoms with Gasteiger partial charge in [0, 0.05) is 23.2 Å². The van der Waals surface area contributed by atoms with E-state index in [2.05, 4.69) is 43.9 Å². The van der Waals surface area contributed by atoms with Crippen LogP contribution in [0.15, 0.2) is 53.6 Å². The van der Waals surface area contributed by atoms with E-state index in [4.69, 9.17) is 9.47 Å². The molecule has 0 saturated carbocycles. The summed E-state index contributed by atoms with van der Waals surface area (Å²) < 4.78 is 54.3. The van der Waals surface area contributed by atoms with Gasteiger partial charge in [-0.3, -0.25) is 0 Å². The van der Waals surface area contributed by atoms with Crippen LogP contribution in [-0.2, 0) is 15.7 Å². The Hall–Kier alpha value is -3.67. The van der Waals surface area contributed by atoms with Gasteiger partial charge in [0.2, 0.25) is 0 Å². The maximum absolute atomic E-state index is 14.2. The highest BCUT2D eigenvalue weighted by Gasteiger charge is 2.40. The number of rotatable bonds is 2. The lowest BCUT2D eigenvalue weighted by Crippen LogP contribution is -2.46. The Balaban J connectivity index is 1.92. The number of nitrogens with zero attached hydrogens (tertiary/aromatic N) is 1. The van der Waals surface area contributed by atoms with Gasteiger partial charge in [0.25, 0.3) is 5.95 Å². The van der Waals surface area contributed by atoms with Crippen molar-refractivity contribution in [3.63, 3.8) is 0 Å². The van der Waals surface area contributed by atoms with Gasteiger partial charge in [-0.2, -0.15) is 13.2 Å². The third-order valence-electron chi connectivity index (χ3n) is 8.43. The van der Waals surface area contributed by atoms with Crippen molar-refractivity contribution < 1.29 is 22.6 Å². The summed E-state index contributed by atoms with van der Waals surface area (Å²) in [5, 5.41) is 2.74. The molecule has 3 heterocycles. The van der Waals surface area contributed by atoms with Crippen LogP contribution in [0.3, 0.4) is 0 Å². The molecule has 0 aromatic heterocycles. The number of alkyl halides is 3. The van der Waals surface area contributed by atoms with E-state index in [0.717, 1.165) is 62.5 Å². The molecule has 39 heavy (non-hydrogen) atoms. The average molecular weight is 532 g/mol.